The number of nitrogens with zero attached hydrogens (tertiary/aromatic N) is 1. The third-order valence-electron chi connectivity index (χ3n) is 4.36. The van der Waals surface area contributed by atoms with Crippen LogP contribution < -0.4 is 5.32 Å². The van der Waals surface area contributed by atoms with Gasteiger partial charge in [0.1, 0.15) is 11.5 Å². The fraction of sp³-hybridized carbons (Fsp3) is 0.750. The Balaban J connectivity index is 1.57. The Morgan fingerprint density at radius 2 is 2.15 bits per heavy atom. The van der Waals surface area contributed by atoms with Crippen molar-refractivity contribution in [2.45, 2.75) is 64.4 Å². The lowest BCUT2D eigenvalue weighted by atomic mass is 10.1. The molecule has 2 heterocycles. The van der Waals surface area contributed by atoms with Crippen molar-refractivity contribution in [2.75, 3.05) is 13.2 Å². The maximum Gasteiger partial charge on any atom is 0.118 e. The fourth-order valence-corrected chi connectivity index (χ4v) is 3.31. The van der Waals surface area contributed by atoms with Crippen LogP contribution in [0.3, 0.4) is 0 Å². The molecule has 1 saturated heterocycles. The monoisotopic (exact) mass is 278 g/mol. The van der Waals surface area contributed by atoms with E-state index in [0.717, 1.165) is 37.8 Å². The molecule has 4 nitrogen and oxygen atoms in total. The van der Waals surface area contributed by atoms with Gasteiger partial charge in [-0.3, -0.25) is 4.90 Å². The van der Waals surface area contributed by atoms with Crippen LogP contribution in [0.25, 0.3) is 0 Å². The smallest absolute Gasteiger partial charge is 0.118 e. The van der Waals surface area contributed by atoms with Crippen molar-refractivity contribution in [3.8, 4) is 0 Å². The summed E-state index contributed by atoms with van der Waals surface area (Å²) in [6.45, 7) is 7.93. The first-order valence-corrected chi connectivity index (χ1v) is 7.89. The summed E-state index contributed by atoms with van der Waals surface area (Å²) in [4.78, 5) is 2.54. The predicted molar refractivity (Wildman–Crippen MR) is 78.5 cm³/mol. The van der Waals surface area contributed by atoms with Gasteiger partial charge >= 0.3 is 0 Å². The molecule has 4 heteroatoms. The first-order valence-electron chi connectivity index (χ1n) is 7.89. The highest BCUT2D eigenvalue weighted by molar-refractivity contribution is 5.08. The molecule has 3 rings (SSSR count). The summed E-state index contributed by atoms with van der Waals surface area (Å²) in [5.74, 6) is 2.11. The zero-order chi connectivity index (χ0) is 13.9. The summed E-state index contributed by atoms with van der Waals surface area (Å²) in [7, 11) is 0. The van der Waals surface area contributed by atoms with Crippen LogP contribution in [0.4, 0.5) is 0 Å². The SMILES string of the molecule is CC(C)NCc1ccc(CN2CCOC3CCCC32)o1. The van der Waals surface area contributed by atoms with Gasteiger partial charge in [-0.25, -0.2) is 0 Å². The first-order chi connectivity index (χ1) is 9.72. The summed E-state index contributed by atoms with van der Waals surface area (Å²) < 4.78 is 11.8. The van der Waals surface area contributed by atoms with Crippen LogP contribution in [-0.2, 0) is 17.8 Å². The van der Waals surface area contributed by atoms with Crippen molar-refractivity contribution in [2.24, 2.45) is 0 Å². The van der Waals surface area contributed by atoms with Crippen LogP contribution >= 0.6 is 0 Å². The van der Waals surface area contributed by atoms with Crippen molar-refractivity contribution in [3.05, 3.63) is 23.7 Å². The number of ether oxygens (including phenoxy) is 1. The predicted octanol–water partition coefficient (Wildman–Crippen LogP) is 2.53. The van der Waals surface area contributed by atoms with Crippen LogP contribution in [-0.4, -0.2) is 36.2 Å². The number of nitrogens with one attached hydrogen (secondary N) is 1. The van der Waals surface area contributed by atoms with Gasteiger partial charge in [-0.1, -0.05) is 13.8 Å². The molecular formula is C16H26N2O2. The van der Waals surface area contributed by atoms with Crippen molar-refractivity contribution in [1.82, 2.24) is 10.2 Å². The minimum atomic E-state index is 0.459. The van der Waals surface area contributed by atoms with E-state index in [9.17, 15) is 0 Å². The van der Waals surface area contributed by atoms with Gasteiger partial charge in [0.15, 0.2) is 0 Å². The van der Waals surface area contributed by atoms with Crippen molar-refractivity contribution in [1.29, 1.82) is 0 Å². The van der Waals surface area contributed by atoms with Gasteiger partial charge in [-0.2, -0.15) is 0 Å². The van der Waals surface area contributed by atoms with Gasteiger partial charge in [-0.15, -0.1) is 0 Å². The van der Waals surface area contributed by atoms with Gasteiger partial charge in [0.2, 0.25) is 0 Å². The minimum absolute atomic E-state index is 0.459. The summed E-state index contributed by atoms with van der Waals surface area (Å²) in [5.41, 5.74) is 0. The Morgan fingerprint density at radius 3 is 3.00 bits per heavy atom. The van der Waals surface area contributed by atoms with E-state index in [0.29, 0.717) is 18.2 Å². The second-order valence-corrected chi connectivity index (χ2v) is 6.28. The molecule has 0 radical (unpaired) electrons. The number of furan rings is 1. The second kappa shape index (κ2) is 6.29. The molecule has 0 spiro atoms. The number of hydrogen-bond acceptors (Lipinski definition) is 4. The van der Waals surface area contributed by atoms with Gasteiger partial charge in [-0.05, 0) is 31.4 Å². The normalized spacial score (nSPS) is 27.1. The Kier molecular flexibility index (Phi) is 4.44. The van der Waals surface area contributed by atoms with Crippen LogP contribution in [0.15, 0.2) is 16.5 Å². The first kappa shape index (κ1) is 14.1. The molecule has 112 valence electrons. The van der Waals surface area contributed by atoms with Crippen molar-refractivity contribution >= 4 is 0 Å². The molecule has 0 amide bonds. The van der Waals surface area contributed by atoms with Crippen LogP contribution in [0.2, 0.25) is 0 Å². The van der Waals surface area contributed by atoms with Crippen LogP contribution in [0.1, 0.15) is 44.6 Å². The quantitative estimate of drug-likeness (QED) is 0.898. The molecule has 1 aliphatic heterocycles. The van der Waals surface area contributed by atoms with Crippen LogP contribution in [0, 0.1) is 0 Å². The van der Waals surface area contributed by atoms with E-state index in [1.807, 2.05) is 0 Å². The number of rotatable bonds is 5. The van der Waals surface area contributed by atoms with Crippen LogP contribution in [0.5, 0.6) is 0 Å². The average Bonchev–Trinajstić information content (AvgIpc) is 3.05. The topological polar surface area (TPSA) is 37.6 Å². The number of hydrogen-bond donors (Lipinski definition) is 1. The average molecular weight is 278 g/mol. The molecule has 1 aromatic rings. The van der Waals surface area contributed by atoms with Gasteiger partial charge in [0.25, 0.3) is 0 Å². The van der Waals surface area contributed by atoms with Crippen molar-refractivity contribution < 1.29 is 9.15 Å². The summed E-state index contributed by atoms with van der Waals surface area (Å²) in [6.07, 6.45) is 4.25. The second-order valence-electron chi connectivity index (χ2n) is 6.28. The molecule has 2 fully saturated rings. The molecule has 0 bridgehead atoms. The third-order valence-corrected chi connectivity index (χ3v) is 4.36. The summed E-state index contributed by atoms with van der Waals surface area (Å²) in [5, 5.41) is 3.39. The fourth-order valence-electron chi connectivity index (χ4n) is 3.31. The van der Waals surface area contributed by atoms with E-state index in [4.69, 9.17) is 9.15 Å². The van der Waals surface area contributed by atoms with E-state index in [1.165, 1.54) is 19.3 Å². The lowest BCUT2D eigenvalue weighted by Crippen LogP contribution is -2.47. The highest BCUT2D eigenvalue weighted by Crippen LogP contribution is 2.30. The minimum Gasteiger partial charge on any atom is -0.463 e. The van der Waals surface area contributed by atoms with E-state index < -0.39 is 0 Å². The molecule has 2 unspecified atom stereocenters. The Hall–Kier alpha value is -0.840. The van der Waals surface area contributed by atoms with Gasteiger partial charge in [0.05, 0.1) is 25.8 Å². The van der Waals surface area contributed by atoms with E-state index in [-0.39, 0.29) is 0 Å². The maximum atomic E-state index is 5.94. The largest absolute Gasteiger partial charge is 0.463 e. The lowest BCUT2D eigenvalue weighted by Gasteiger charge is -2.37. The molecule has 1 aliphatic carbocycles. The molecule has 20 heavy (non-hydrogen) atoms. The molecule has 2 atom stereocenters. The Morgan fingerprint density at radius 1 is 1.30 bits per heavy atom. The van der Waals surface area contributed by atoms with Gasteiger partial charge in [0, 0.05) is 18.6 Å². The maximum absolute atomic E-state index is 5.94. The van der Waals surface area contributed by atoms with E-state index in [2.05, 4.69) is 36.2 Å². The zero-order valence-corrected chi connectivity index (χ0v) is 12.6. The third kappa shape index (κ3) is 3.25. The Bertz CT molecular complexity index is 430. The standard InChI is InChI=1S/C16H26N2O2/c1-12(2)17-10-13-6-7-14(20-13)11-18-8-9-19-16-5-3-4-15(16)18/h6-7,12,15-17H,3-5,8-11H2,1-2H3. The molecule has 2 aliphatic rings. The molecule has 1 saturated carbocycles. The molecule has 0 aromatic carbocycles. The summed E-state index contributed by atoms with van der Waals surface area (Å²) in [6, 6.07) is 5.31. The van der Waals surface area contributed by atoms with E-state index >= 15 is 0 Å². The lowest BCUT2D eigenvalue weighted by molar-refractivity contribution is -0.0607. The highest BCUT2D eigenvalue weighted by Gasteiger charge is 2.36. The zero-order valence-electron chi connectivity index (χ0n) is 12.6. The molecule has 1 N–H and O–H groups in total. The highest BCUT2D eigenvalue weighted by atomic mass is 16.5. The van der Waals surface area contributed by atoms with Crippen molar-refractivity contribution in [3.63, 3.8) is 0 Å². The summed E-state index contributed by atoms with van der Waals surface area (Å²) >= 11 is 0. The Labute approximate surface area is 121 Å². The number of morpholine rings is 1. The molecule has 1 aromatic heterocycles. The van der Waals surface area contributed by atoms with Gasteiger partial charge < -0.3 is 14.5 Å². The van der Waals surface area contributed by atoms with E-state index in [1.54, 1.807) is 0 Å². The number of fused-ring (bicyclic) bond motifs is 1. The molecular weight excluding hydrogens is 252 g/mol.